The Kier molecular flexibility index (Phi) is 11.6. The predicted molar refractivity (Wildman–Crippen MR) is 137 cm³/mol. The van der Waals surface area contributed by atoms with Gasteiger partial charge in [0.05, 0.1) is 12.5 Å². The summed E-state index contributed by atoms with van der Waals surface area (Å²) in [6, 6.07) is 0. The Morgan fingerprint density at radius 2 is 1.97 bits per heavy atom. The van der Waals surface area contributed by atoms with E-state index in [9.17, 15) is 24.9 Å². The number of hydrogen-bond donors (Lipinski definition) is 3. The van der Waals surface area contributed by atoms with Crippen LogP contribution in [0.2, 0.25) is 0 Å². The van der Waals surface area contributed by atoms with Gasteiger partial charge in [-0.25, -0.2) is 4.79 Å². The van der Waals surface area contributed by atoms with Crippen LogP contribution < -0.4 is 0 Å². The molecule has 1 saturated heterocycles. The highest BCUT2D eigenvalue weighted by molar-refractivity contribution is 5.70. The molecule has 204 valence electrons. The van der Waals surface area contributed by atoms with E-state index in [4.69, 9.17) is 9.47 Å². The molecular formula is C27H44N2O7. The maximum absolute atomic E-state index is 12.9. The van der Waals surface area contributed by atoms with Crippen LogP contribution in [0.1, 0.15) is 47.0 Å². The summed E-state index contributed by atoms with van der Waals surface area (Å²) in [7, 11) is 2.00. The fourth-order valence-electron chi connectivity index (χ4n) is 4.18. The lowest BCUT2D eigenvalue weighted by atomic mass is 9.89. The molecule has 1 fully saturated rings. The van der Waals surface area contributed by atoms with Gasteiger partial charge >= 0.3 is 12.1 Å². The minimum Gasteiger partial charge on any atom is -0.457 e. The lowest BCUT2D eigenvalue weighted by molar-refractivity contribution is -0.151. The first-order chi connectivity index (χ1) is 16.9. The van der Waals surface area contributed by atoms with Crippen molar-refractivity contribution in [3.05, 3.63) is 36.0 Å². The zero-order valence-corrected chi connectivity index (χ0v) is 22.3. The van der Waals surface area contributed by atoms with Crippen molar-refractivity contribution < 1.29 is 34.4 Å². The summed E-state index contributed by atoms with van der Waals surface area (Å²) in [5, 5.41) is 30.8. The summed E-state index contributed by atoms with van der Waals surface area (Å²) >= 11 is 0. The SMILES string of the molecule is C/C(=C\C=C\[C@@H](C)CO)[C@H]1OC(=O)C[C@H](O)CC[C@@](C)(O)[C@@H](OC(=O)N2CCN(C)CC2)/C=C/[C@@H]1C. The van der Waals surface area contributed by atoms with Crippen molar-refractivity contribution in [2.24, 2.45) is 11.8 Å². The molecule has 0 unspecified atom stereocenters. The number of aliphatic hydroxyl groups excluding tert-OH is 2. The molecule has 9 heteroatoms. The summed E-state index contributed by atoms with van der Waals surface area (Å²) in [5.41, 5.74) is -0.655. The number of carbonyl (C=O) groups excluding carboxylic acids is 2. The third-order valence-electron chi connectivity index (χ3n) is 6.85. The van der Waals surface area contributed by atoms with Gasteiger partial charge in [-0.05, 0) is 51.3 Å². The number of allylic oxidation sites excluding steroid dienone is 2. The van der Waals surface area contributed by atoms with Crippen LogP contribution in [0.15, 0.2) is 36.0 Å². The topological polar surface area (TPSA) is 120 Å². The molecule has 3 N–H and O–H groups in total. The predicted octanol–water partition coefficient (Wildman–Crippen LogP) is 2.27. The van der Waals surface area contributed by atoms with Crippen molar-refractivity contribution in [2.75, 3.05) is 39.8 Å². The number of aliphatic hydroxyl groups is 3. The Balaban J connectivity index is 2.29. The monoisotopic (exact) mass is 508 g/mol. The van der Waals surface area contributed by atoms with Crippen LogP contribution >= 0.6 is 0 Å². The van der Waals surface area contributed by atoms with Gasteiger partial charge in [0.1, 0.15) is 11.7 Å². The quantitative estimate of drug-likeness (QED) is 0.294. The molecule has 0 aliphatic carbocycles. The maximum Gasteiger partial charge on any atom is 0.410 e. The summed E-state index contributed by atoms with van der Waals surface area (Å²) < 4.78 is 11.5. The molecular weight excluding hydrogens is 464 g/mol. The average Bonchev–Trinajstić information content (AvgIpc) is 2.83. The highest BCUT2D eigenvalue weighted by Crippen LogP contribution is 2.27. The van der Waals surface area contributed by atoms with E-state index in [1.165, 1.54) is 0 Å². The first-order valence-corrected chi connectivity index (χ1v) is 12.8. The molecule has 6 atom stereocenters. The summed E-state index contributed by atoms with van der Waals surface area (Å²) in [6.45, 7) is 9.82. The average molecular weight is 509 g/mol. The minimum absolute atomic E-state index is 0.00152. The smallest absolute Gasteiger partial charge is 0.410 e. The van der Waals surface area contributed by atoms with E-state index in [0.29, 0.717) is 13.1 Å². The van der Waals surface area contributed by atoms with Gasteiger partial charge < -0.3 is 34.6 Å². The molecule has 0 spiro atoms. The molecule has 2 rings (SSSR count). The highest BCUT2D eigenvalue weighted by atomic mass is 16.6. The van der Waals surface area contributed by atoms with Crippen molar-refractivity contribution in [3.63, 3.8) is 0 Å². The van der Waals surface area contributed by atoms with Crippen LogP contribution in [0.3, 0.4) is 0 Å². The van der Waals surface area contributed by atoms with E-state index >= 15 is 0 Å². The van der Waals surface area contributed by atoms with Crippen LogP contribution in [0.4, 0.5) is 4.79 Å². The molecule has 2 aliphatic heterocycles. The molecule has 1 amide bonds. The minimum atomic E-state index is -1.44. The first kappa shape index (κ1) is 30.0. The van der Waals surface area contributed by atoms with Crippen LogP contribution in [0.25, 0.3) is 0 Å². The van der Waals surface area contributed by atoms with E-state index in [2.05, 4.69) is 4.90 Å². The zero-order chi connectivity index (χ0) is 26.9. The molecule has 9 nitrogen and oxygen atoms in total. The molecule has 0 bridgehead atoms. The van der Waals surface area contributed by atoms with Crippen molar-refractivity contribution in [3.8, 4) is 0 Å². The molecule has 0 aromatic carbocycles. The highest BCUT2D eigenvalue weighted by Gasteiger charge is 2.36. The third kappa shape index (κ3) is 9.35. The maximum atomic E-state index is 12.9. The molecule has 36 heavy (non-hydrogen) atoms. The Morgan fingerprint density at radius 1 is 1.31 bits per heavy atom. The van der Waals surface area contributed by atoms with Gasteiger partial charge in [-0.3, -0.25) is 4.79 Å². The van der Waals surface area contributed by atoms with E-state index < -0.39 is 36.0 Å². The number of esters is 1. The third-order valence-corrected chi connectivity index (χ3v) is 6.85. The van der Waals surface area contributed by atoms with Crippen molar-refractivity contribution in [2.45, 2.75) is 70.9 Å². The molecule has 0 aromatic rings. The molecule has 0 aromatic heterocycles. The number of ether oxygens (including phenoxy) is 2. The van der Waals surface area contributed by atoms with Gasteiger partial charge in [0.15, 0.2) is 6.10 Å². The Labute approximate surface area is 215 Å². The standard InChI is InChI=1S/C27H44N2O7/c1-19(18-30)7-6-8-20(2)25-21(3)9-10-23(35-26(33)29-15-13-28(5)14-16-29)27(4,34)12-11-22(31)17-24(32)36-25/h6-10,19,21-23,25,30-31,34H,11-18H2,1-5H3/b7-6+,10-9+,20-8+/t19-,21+,22-,23+,25-,27-/m1/s1. The summed E-state index contributed by atoms with van der Waals surface area (Å²) in [5.74, 6) is -0.823. The number of amides is 1. The van der Waals surface area contributed by atoms with Crippen LogP contribution in [0, 0.1) is 11.8 Å². The van der Waals surface area contributed by atoms with Gasteiger partial charge in [0.25, 0.3) is 0 Å². The molecule has 2 heterocycles. The van der Waals surface area contributed by atoms with E-state index in [0.717, 1.165) is 18.7 Å². The Morgan fingerprint density at radius 3 is 2.61 bits per heavy atom. The number of rotatable bonds is 5. The second-order valence-corrected chi connectivity index (χ2v) is 10.5. The number of hydrogen-bond acceptors (Lipinski definition) is 8. The van der Waals surface area contributed by atoms with Gasteiger partial charge in [-0.1, -0.05) is 38.2 Å². The first-order valence-electron chi connectivity index (χ1n) is 12.8. The fourth-order valence-corrected chi connectivity index (χ4v) is 4.18. The van der Waals surface area contributed by atoms with E-state index in [-0.39, 0.29) is 37.7 Å². The number of cyclic esters (lactones) is 1. The normalized spacial score (nSPS) is 33.4. The molecule has 2 aliphatic rings. The van der Waals surface area contributed by atoms with Crippen molar-refractivity contribution >= 4 is 12.1 Å². The van der Waals surface area contributed by atoms with Crippen LogP contribution in [0.5, 0.6) is 0 Å². The largest absolute Gasteiger partial charge is 0.457 e. The Bertz CT molecular complexity index is 815. The Hall–Kier alpha value is -2.20. The van der Waals surface area contributed by atoms with Crippen molar-refractivity contribution in [1.29, 1.82) is 0 Å². The van der Waals surface area contributed by atoms with E-state index in [1.54, 1.807) is 24.0 Å². The summed E-state index contributed by atoms with van der Waals surface area (Å²) in [4.78, 5) is 29.2. The van der Waals surface area contributed by atoms with Gasteiger partial charge in [0, 0.05) is 38.7 Å². The fraction of sp³-hybridized carbons (Fsp3) is 0.704. The second-order valence-electron chi connectivity index (χ2n) is 10.5. The van der Waals surface area contributed by atoms with Crippen LogP contribution in [-0.2, 0) is 14.3 Å². The number of carbonyl (C=O) groups is 2. The number of piperazine rings is 1. The van der Waals surface area contributed by atoms with Gasteiger partial charge in [-0.15, -0.1) is 0 Å². The second kappa shape index (κ2) is 13.9. The van der Waals surface area contributed by atoms with Crippen molar-refractivity contribution in [1.82, 2.24) is 9.80 Å². The lowest BCUT2D eigenvalue weighted by Crippen LogP contribution is -2.50. The van der Waals surface area contributed by atoms with E-state index in [1.807, 2.05) is 46.0 Å². The van der Waals surface area contributed by atoms with Gasteiger partial charge in [-0.2, -0.15) is 0 Å². The van der Waals surface area contributed by atoms with Crippen LogP contribution in [-0.4, -0.2) is 101 Å². The lowest BCUT2D eigenvalue weighted by Gasteiger charge is -2.36. The van der Waals surface area contributed by atoms with Gasteiger partial charge in [0.2, 0.25) is 0 Å². The zero-order valence-electron chi connectivity index (χ0n) is 22.3. The number of likely N-dealkylation sites (N-methyl/N-ethyl adjacent to an activating group) is 1. The molecule has 0 radical (unpaired) electrons. The molecule has 0 saturated carbocycles. The summed E-state index contributed by atoms with van der Waals surface area (Å²) in [6.07, 6.45) is 6.01. The number of nitrogens with zero attached hydrogens (tertiary/aromatic N) is 2.